The third-order valence-corrected chi connectivity index (χ3v) is 5.42. The van der Waals surface area contributed by atoms with Crippen molar-refractivity contribution in [2.45, 2.75) is 70.6 Å². The first-order valence-corrected chi connectivity index (χ1v) is 10.2. The van der Waals surface area contributed by atoms with E-state index in [-0.39, 0.29) is 17.7 Å². The molecule has 4 rings (SSSR count). The zero-order chi connectivity index (χ0) is 20.8. The number of allylic oxidation sites excluding steroid dienone is 1. The first kappa shape index (κ1) is 19.5. The Morgan fingerprint density at radius 3 is 2.62 bits per heavy atom. The van der Waals surface area contributed by atoms with Gasteiger partial charge in [-0.25, -0.2) is 9.18 Å². The summed E-state index contributed by atoms with van der Waals surface area (Å²) in [5.41, 5.74) is 2.82. The highest BCUT2D eigenvalue weighted by Crippen LogP contribution is 2.43. The van der Waals surface area contributed by atoms with E-state index in [4.69, 9.17) is 4.74 Å². The Balaban J connectivity index is 1.58. The van der Waals surface area contributed by atoms with Crippen molar-refractivity contribution in [3.8, 4) is 6.07 Å². The molecule has 1 fully saturated rings. The third-order valence-electron chi connectivity index (χ3n) is 5.42. The molecule has 29 heavy (non-hydrogen) atoms. The lowest BCUT2D eigenvalue weighted by molar-refractivity contribution is 0.0502. The monoisotopic (exact) mass is 395 g/mol. The molecule has 0 aliphatic heterocycles. The molecule has 0 spiro atoms. The molecular formula is C23H26FN3O2. The largest absolute Gasteiger partial charge is 0.444 e. The molecule has 6 heteroatoms. The molecular weight excluding hydrogens is 369 g/mol. The number of halogens is 1. The minimum absolute atomic E-state index is 0.0509. The highest BCUT2D eigenvalue weighted by atomic mass is 19.1. The number of nitrogens with one attached hydrogen (secondary N) is 1. The molecule has 2 aliphatic carbocycles. The Labute approximate surface area is 170 Å². The van der Waals surface area contributed by atoms with Gasteiger partial charge in [-0.1, -0.05) is 6.08 Å². The summed E-state index contributed by atoms with van der Waals surface area (Å²) in [6.45, 7) is 5.55. The van der Waals surface area contributed by atoms with Gasteiger partial charge in [-0.05, 0) is 76.6 Å². The summed E-state index contributed by atoms with van der Waals surface area (Å²) < 4.78 is 21.7. The van der Waals surface area contributed by atoms with Gasteiger partial charge in [0.2, 0.25) is 0 Å². The molecule has 1 amide bonds. The summed E-state index contributed by atoms with van der Waals surface area (Å²) in [5, 5.41) is 13.0. The van der Waals surface area contributed by atoms with E-state index in [0.717, 1.165) is 48.7 Å². The third kappa shape index (κ3) is 4.14. The van der Waals surface area contributed by atoms with E-state index < -0.39 is 11.4 Å². The average molecular weight is 395 g/mol. The van der Waals surface area contributed by atoms with Crippen LogP contribution in [-0.4, -0.2) is 22.3 Å². The van der Waals surface area contributed by atoms with E-state index in [9.17, 15) is 14.4 Å². The zero-order valence-corrected chi connectivity index (χ0v) is 17.1. The number of alkyl carbamates (subject to hydrolysis) is 1. The molecule has 1 saturated carbocycles. The topological polar surface area (TPSA) is 67.0 Å². The molecule has 1 aromatic heterocycles. The number of fused-ring (bicyclic) bond motifs is 1. The Morgan fingerprint density at radius 1 is 1.28 bits per heavy atom. The van der Waals surface area contributed by atoms with Gasteiger partial charge in [-0.2, -0.15) is 5.26 Å². The van der Waals surface area contributed by atoms with Crippen LogP contribution < -0.4 is 5.32 Å². The minimum Gasteiger partial charge on any atom is -0.444 e. The molecule has 1 heterocycles. The maximum absolute atomic E-state index is 14.1. The summed E-state index contributed by atoms with van der Waals surface area (Å²) in [6, 6.07) is 7.58. The molecule has 1 N–H and O–H groups in total. The van der Waals surface area contributed by atoms with E-state index in [1.165, 1.54) is 11.6 Å². The molecule has 2 aliphatic rings. The van der Waals surface area contributed by atoms with E-state index in [1.807, 2.05) is 32.9 Å². The Bertz CT molecular complexity index is 1040. The van der Waals surface area contributed by atoms with Crippen LogP contribution in [0.15, 0.2) is 24.3 Å². The second-order valence-electron chi connectivity index (χ2n) is 8.98. The van der Waals surface area contributed by atoms with Crippen LogP contribution in [0, 0.1) is 17.1 Å². The maximum Gasteiger partial charge on any atom is 0.407 e. The summed E-state index contributed by atoms with van der Waals surface area (Å²) in [5.74, 6) is -0.473. The van der Waals surface area contributed by atoms with Gasteiger partial charge in [0, 0.05) is 23.2 Å². The summed E-state index contributed by atoms with van der Waals surface area (Å²) >= 11 is 0. The fourth-order valence-corrected chi connectivity index (χ4v) is 3.98. The Morgan fingerprint density at radius 2 is 2.03 bits per heavy atom. The number of nitrogens with zero attached hydrogens (tertiary/aromatic N) is 2. The maximum atomic E-state index is 14.1. The van der Waals surface area contributed by atoms with Crippen LogP contribution in [0.2, 0.25) is 0 Å². The molecule has 0 radical (unpaired) electrons. The standard InChI is InChI=1S/C23H26FN3O2/c1-23(2,3)29-22(28)26-17-6-4-14(5-7-17)20-11-15-10-19(24)16(13-25)12-21(15)27(20)18-8-9-18/h4,10-12,17-18H,5-9H2,1-3H3,(H,26,28). The predicted molar refractivity (Wildman–Crippen MR) is 110 cm³/mol. The zero-order valence-electron chi connectivity index (χ0n) is 17.1. The fraction of sp³-hybridized carbons (Fsp3) is 0.478. The lowest BCUT2D eigenvalue weighted by atomic mass is 9.93. The molecule has 2 aromatic rings. The van der Waals surface area contributed by atoms with Crippen LogP contribution in [-0.2, 0) is 4.74 Å². The van der Waals surface area contributed by atoms with E-state index in [1.54, 1.807) is 6.07 Å². The van der Waals surface area contributed by atoms with E-state index >= 15 is 0 Å². The van der Waals surface area contributed by atoms with Gasteiger partial charge >= 0.3 is 6.09 Å². The lowest BCUT2D eigenvalue weighted by Gasteiger charge is -2.26. The lowest BCUT2D eigenvalue weighted by Crippen LogP contribution is -2.39. The molecule has 152 valence electrons. The van der Waals surface area contributed by atoms with Gasteiger partial charge in [-0.15, -0.1) is 0 Å². The quantitative estimate of drug-likeness (QED) is 0.752. The summed E-state index contributed by atoms with van der Waals surface area (Å²) in [6.07, 6.45) is 6.38. The summed E-state index contributed by atoms with van der Waals surface area (Å²) in [4.78, 5) is 12.0. The second-order valence-corrected chi connectivity index (χ2v) is 8.98. The molecule has 5 nitrogen and oxygen atoms in total. The number of carbonyl (C=O) groups is 1. The van der Waals surface area contributed by atoms with Crippen LogP contribution in [0.3, 0.4) is 0 Å². The van der Waals surface area contributed by atoms with E-state index in [0.29, 0.717) is 6.04 Å². The highest BCUT2D eigenvalue weighted by molar-refractivity contribution is 5.87. The van der Waals surface area contributed by atoms with Crippen molar-refractivity contribution < 1.29 is 13.9 Å². The first-order valence-electron chi connectivity index (χ1n) is 10.2. The summed E-state index contributed by atoms with van der Waals surface area (Å²) in [7, 11) is 0. The number of nitriles is 1. The highest BCUT2D eigenvalue weighted by Gasteiger charge is 2.30. The number of benzene rings is 1. The Hall–Kier alpha value is -2.81. The van der Waals surface area contributed by atoms with Crippen LogP contribution in [0.4, 0.5) is 9.18 Å². The van der Waals surface area contributed by atoms with Crippen molar-refractivity contribution in [3.05, 3.63) is 41.3 Å². The molecule has 1 atom stereocenters. The van der Waals surface area contributed by atoms with Gasteiger partial charge in [0.25, 0.3) is 0 Å². The van der Waals surface area contributed by atoms with Crippen molar-refractivity contribution in [2.75, 3.05) is 0 Å². The van der Waals surface area contributed by atoms with Crippen molar-refractivity contribution in [3.63, 3.8) is 0 Å². The first-order chi connectivity index (χ1) is 13.7. The van der Waals surface area contributed by atoms with Crippen molar-refractivity contribution >= 4 is 22.6 Å². The number of carbonyl (C=O) groups excluding carboxylic acids is 1. The average Bonchev–Trinajstić information content (AvgIpc) is 3.41. The van der Waals surface area contributed by atoms with Gasteiger partial charge in [0.05, 0.1) is 11.1 Å². The number of hydrogen-bond acceptors (Lipinski definition) is 3. The van der Waals surface area contributed by atoms with Crippen LogP contribution in [0.1, 0.15) is 70.2 Å². The number of hydrogen-bond donors (Lipinski definition) is 1. The van der Waals surface area contributed by atoms with Crippen LogP contribution >= 0.6 is 0 Å². The van der Waals surface area contributed by atoms with Gasteiger partial charge in [0.1, 0.15) is 17.5 Å². The van der Waals surface area contributed by atoms with Crippen molar-refractivity contribution in [1.29, 1.82) is 5.26 Å². The fourth-order valence-electron chi connectivity index (χ4n) is 3.98. The van der Waals surface area contributed by atoms with Gasteiger partial charge in [0.15, 0.2) is 0 Å². The Kier molecular flexibility index (Phi) is 4.85. The number of rotatable bonds is 3. The van der Waals surface area contributed by atoms with Crippen molar-refractivity contribution in [1.82, 2.24) is 9.88 Å². The second kappa shape index (κ2) is 7.22. The van der Waals surface area contributed by atoms with Crippen molar-refractivity contribution in [2.24, 2.45) is 0 Å². The number of aromatic nitrogens is 1. The smallest absolute Gasteiger partial charge is 0.407 e. The molecule has 0 saturated heterocycles. The molecule has 1 aromatic carbocycles. The predicted octanol–water partition coefficient (Wildman–Crippen LogP) is 5.45. The number of amides is 1. The molecule has 0 bridgehead atoms. The normalized spacial score (nSPS) is 19.6. The minimum atomic E-state index is -0.511. The van der Waals surface area contributed by atoms with E-state index in [2.05, 4.69) is 16.0 Å². The van der Waals surface area contributed by atoms with Gasteiger partial charge in [-0.3, -0.25) is 0 Å². The molecule has 1 unspecified atom stereocenters. The van der Waals surface area contributed by atoms with Crippen LogP contribution in [0.5, 0.6) is 0 Å². The van der Waals surface area contributed by atoms with Gasteiger partial charge < -0.3 is 14.6 Å². The van der Waals surface area contributed by atoms with Crippen LogP contribution in [0.25, 0.3) is 16.5 Å². The SMILES string of the molecule is CC(C)(C)OC(=O)NC1CC=C(c2cc3cc(F)c(C#N)cc3n2C2CC2)CC1. The number of ether oxygens (including phenoxy) is 1.